The van der Waals surface area contributed by atoms with Gasteiger partial charge < -0.3 is 10.1 Å². The van der Waals surface area contributed by atoms with Crippen molar-refractivity contribution in [1.29, 1.82) is 0 Å². The van der Waals surface area contributed by atoms with E-state index in [0.29, 0.717) is 6.04 Å². The first-order valence-electron chi connectivity index (χ1n) is 4.82. The van der Waals surface area contributed by atoms with Crippen LogP contribution in [-0.2, 0) is 4.74 Å². The lowest BCUT2D eigenvalue weighted by atomic mass is 10.3. The molecule has 80 valence electrons. The molecule has 0 aliphatic heterocycles. The number of aryl methyl sites for hydroxylation is 1. The van der Waals surface area contributed by atoms with E-state index in [0.717, 1.165) is 11.6 Å². The maximum atomic E-state index is 5.16. The number of nitrogens with zero attached hydrogens (tertiary/aromatic N) is 1. The Bertz CT molecular complexity index is 275. The number of thiazole rings is 1. The third-order valence-corrected chi connectivity index (χ3v) is 3.22. The molecule has 1 aromatic heterocycles. The van der Waals surface area contributed by atoms with E-state index in [1.807, 2.05) is 13.1 Å². The summed E-state index contributed by atoms with van der Waals surface area (Å²) in [4.78, 5) is 5.59. The minimum absolute atomic E-state index is 0.249. The van der Waals surface area contributed by atoms with E-state index >= 15 is 0 Å². The fourth-order valence-electron chi connectivity index (χ4n) is 1.09. The molecule has 4 heteroatoms. The van der Waals surface area contributed by atoms with Crippen molar-refractivity contribution in [2.24, 2.45) is 0 Å². The Hall–Kier alpha value is -0.450. The van der Waals surface area contributed by atoms with Crippen LogP contribution in [-0.4, -0.2) is 24.7 Å². The summed E-state index contributed by atoms with van der Waals surface area (Å²) in [6, 6.07) is 0.311. The first-order chi connectivity index (χ1) is 6.63. The summed E-state index contributed by atoms with van der Waals surface area (Å²) in [7, 11) is 1.73. The van der Waals surface area contributed by atoms with Crippen molar-refractivity contribution in [3.8, 4) is 0 Å². The largest absolute Gasteiger partial charge is 0.380 e. The van der Waals surface area contributed by atoms with Gasteiger partial charge in [-0.3, -0.25) is 0 Å². The highest BCUT2D eigenvalue weighted by atomic mass is 32.1. The second-order valence-electron chi connectivity index (χ2n) is 3.49. The van der Waals surface area contributed by atoms with Crippen molar-refractivity contribution in [2.75, 3.05) is 13.7 Å². The van der Waals surface area contributed by atoms with Gasteiger partial charge >= 0.3 is 0 Å². The van der Waals surface area contributed by atoms with Gasteiger partial charge in [-0.2, -0.15) is 0 Å². The summed E-state index contributed by atoms with van der Waals surface area (Å²) in [5.74, 6) is 0. The van der Waals surface area contributed by atoms with Gasteiger partial charge in [-0.25, -0.2) is 4.98 Å². The summed E-state index contributed by atoms with van der Waals surface area (Å²) in [6.45, 7) is 7.11. The molecule has 0 saturated heterocycles. The van der Waals surface area contributed by atoms with Gasteiger partial charge in [0, 0.05) is 24.7 Å². The maximum absolute atomic E-state index is 5.16. The number of nitrogens with one attached hydrogen (secondary N) is 1. The summed E-state index contributed by atoms with van der Waals surface area (Å²) in [5.41, 5.74) is 0. The second kappa shape index (κ2) is 5.44. The molecule has 0 saturated carbocycles. The molecule has 0 bridgehead atoms. The van der Waals surface area contributed by atoms with Crippen molar-refractivity contribution >= 4 is 11.3 Å². The molecule has 0 radical (unpaired) electrons. The summed E-state index contributed by atoms with van der Waals surface area (Å²) in [5, 5.41) is 4.53. The van der Waals surface area contributed by atoms with Crippen LogP contribution < -0.4 is 5.32 Å². The average molecular weight is 214 g/mol. The van der Waals surface area contributed by atoms with Gasteiger partial charge in [0.1, 0.15) is 5.01 Å². The summed E-state index contributed by atoms with van der Waals surface area (Å²) in [6.07, 6.45) is 2.16. The van der Waals surface area contributed by atoms with Gasteiger partial charge in [-0.1, -0.05) is 0 Å². The van der Waals surface area contributed by atoms with E-state index < -0.39 is 0 Å². The van der Waals surface area contributed by atoms with E-state index in [9.17, 15) is 0 Å². The lowest BCUT2D eigenvalue weighted by Crippen LogP contribution is -2.28. The minimum Gasteiger partial charge on any atom is -0.380 e. The second-order valence-corrected chi connectivity index (χ2v) is 4.75. The molecule has 1 heterocycles. The molecule has 0 fully saturated rings. The molecule has 14 heavy (non-hydrogen) atoms. The van der Waals surface area contributed by atoms with Gasteiger partial charge in [-0.05, 0) is 20.8 Å². The monoisotopic (exact) mass is 214 g/mol. The van der Waals surface area contributed by atoms with Crippen LogP contribution in [0.15, 0.2) is 6.20 Å². The first-order valence-corrected chi connectivity index (χ1v) is 5.63. The standard InChI is InChI=1S/C10H18N2OS/c1-7(13-4)5-11-9(3)10-12-6-8(2)14-10/h6-7,9,11H,5H2,1-4H3. The van der Waals surface area contributed by atoms with Gasteiger partial charge in [0.2, 0.25) is 0 Å². The smallest absolute Gasteiger partial charge is 0.109 e. The van der Waals surface area contributed by atoms with Crippen molar-refractivity contribution in [3.05, 3.63) is 16.1 Å². The Kier molecular flexibility index (Phi) is 4.51. The molecule has 1 rings (SSSR count). The highest BCUT2D eigenvalue weighted by molar-refractivity contribution is 7.11. The molecule has 1 aromatic rings. The fraction of sp³-hybridized carbons (Fsp3) is 0.700. The Labute approximate surface area is 89.5 Å². The Morgan fingerprint density at radius 1 is 1.57 bits per heavy atom. The zero-order chi connectivity index (χ0) is 10.6. The molecule has 2 atom stereocenters. The fourth-order valence-corrected chi connectivity index (χ4v) is 1.89. The van der Waals surface area contributed by atoms with E-state index in [4.69, 9.17) is 4.74 Å². The van der Waals surface area contributed by atoms with Gasteiger partial charge in [0.15, 0.2) is 0 Å². The molecule has 0 amide bonds. The molecule has 0 aromatic carbocycles. The van der Waals surface area contributed by atoms with Gasteiger partial charge in [0.25, 0.3) is 0 Å². The predicted molar refractivity (Wildman–Crippen MR) is 59.7 cm³/mol. The molecular formula is C10H18N2OS. The number of hydrogen-bond donors (Lipinski definition) is 1. The zero-order valence-corrected chi connectivity index (χ0v) is 10.0. The SMILES string of the molecule is COC(C)CNC(C)c1ncc(C)s1. The number of methoxy groups -OCH3 is 1. The highest BCUT2D eigenvalue weighted by Gasteiger charge is 2.09. The minimum atomic E-state index is 0.249. The number of ether oxygens (including phenoxy) is 1. The summed E-state index contributed by atoms with van der Waals surface area (Å²) >= 11 is 1.74. The highest BCUT2D eigenvalue weighted by Crippen LogP contribution is 2.18. The Morgan fingerprint density at radius 2 is 2.29 bits per heavy atom. The van der Waals surface area contributed by atoms with E-state index in [2.05, 4.69) is 24.1 Å². The number of aromatic nitrogens is 1. The van der Waals surface area contributed by atoms with Crippen LogP contribution in [0.1, 0.15) is 29.8 Å². The summed E-state index contributed by atoms with van der Waals surface area (Å²) < 4.78 is 5.16. The van der Waals surface area contributed by atoms with Crippen LogP contribution in [0.3, 0.4) is 0 Å². The zero-order valence-electron chi connectivity index (χ0n) is 9.20. The van der Waals surface area contributed by atoms with Crippen LogP contribution in [0.5, 0.6) is 0 Å². The maximum Gasteiger partial charge on any atom is 0.109 e. The average Bonchev–Trinajstić information content (AvgIpc) is 2.60. The van der Waals surface area contributed by atoms with Crippen molar-refractivity contribution in [3.63, 3.8) is 0 Å². The normalized spacial score (nSPS) is 15.4. The first kappa shape index (κ1) is 11.6. The molecule has 1 N–H and O–H groups in total. The topological polar surface area (TPSA) is 34.1 Å². The van der Waals surface area contributed by atoms with Crippen molar-refractivity contribution in [2.45, 2.75) is 32.9 Å². The van der Waals surface area contributed by atoms with E-state index in [1.54, 1.807) is 18.4 Å². The predicted octanol–water partition coefficient (Wildman–Crippen LogP) is 2.14. The van der Waals surface area contributed by atoms with Crippen LogP contribution in [0.4, 0.5) is 0 Å². The van der Waals surface area contributed by atoms with E-state index in [1.165, 1.54) is 4.88 Å². The van der Waals surface area contributed by atoms with Crippen LogP contribution in [0, 0.1) is 6.92 Å². The van der Waals surface area contributed by atoms with Crippen LogP contribution in [0.25, 0.3) is 0 Å². The molecule has 0 aliphatic rings. The van der Waals surface area contributed by atoms with Crippen LogP contribution in [0.2, 0.25) is 0 Å². The van der Waals surface area contributed by atoms with Gasteiger partial charge in [-0.15, -0.1) is 11.3 Å². The number of hydrogen-bond acceptors (Lipinski definition) is 4. The van der Waals surface area contributed by atoms with Crippen LogP contribution >= 0.6 is 11.3 Å². The number of rotatable bonds is 5. The molecule has 0 spiro atoms. The third kappa shape index (κ3) is 3.36. The quantitative estimate of drug-likeness (QED) is 0.815. The molecular weight excluding hydrogens is 196 g/mol. The van der Waals surface area contributed by atoms with Crippen molar-refractivity contribution in [1.82, 2.24) is 10.3 Å². The molecule has 0 aliphatic carbocycles. The third-order valence-electron chi connectivity index (χ3n) is 2.12. The van der Waals surface area contributed by atoms with E-state index in [-0.39, 0.29) is 6.10 Å². The molecule has 3 nitrogen and oxygen atoms in total. The molecule has 2 unspecified atom stereocenters. The van der Waals surface area contributed by atoms with Crippen molar-refractivity contribution < 1.29 is 4.74 Å². The Balaban J connectivity index is 2.39. The Morgan fingerprint density at radius 3 is 2.79 bits per heavy atom. The lowest BCUT2D eigenvalue weighted by Gasteiger charge is -2.14. The lowest BCUT2D eigenvalue weighted by molar-refractivity contribution is 0.115. The van der Waals surface area contributed by atoms with Gasteiger partial charge in [0.05, 0.1) is 12.1 Å².